The second-order valence-corrected chi connectivity index (χ2v) is 5.03. The Hall–Kier alpha value is -1.79. The van der Waals surface area contributed by atoms with Gasteiger partial charge in [0.1, 0.15) is 0 Å². The first kappa shape index (κ1) is 17.3. The topological polar surface area (TPSA) is 89.9 Å². The summed E-state index contributed by atoms with van der Waals surface area (Å²) in [6.45, 7) is 0.0505. The van der Waals surface area contributed by atoms with Gasteiger partial charge in [-0.1, -0.05) is 23.7 Å². The van der Waals surface area contributed by atoms with Crippen LogP contribution in [0.3, 0.4) is 0 Å². The van der Waals surface area contributed by atoms with E-state index in [0.29, 0.717) is 11.4 Å². The Balaban J connectivity index is 2.57. The number of rotatable bonds is 7. The number of amides is 2. The molecule has 0 saturated carbocycles. The van der Waals surface area contributed by atoms with E-state index in [4.69, 9.17) is 16.7 Å². The van der Waals surface area contributed by atoms with E-state index in [1.165, 1.54) is 4.90 Å². The average molecular weight is 315 g/mol. The molecule has 0 aliphatic rings. The monoisotopic (exact) mass is 314 g/mol. The molecule has 0 heterocycles. The van der Waals surface area contributed by atoms with Gasteiger partial charge in [-0.15, -0.1) is 0 Å². The first-order valence-electron chi connectivity index (χ1n) is 6.54. The molecule has 0 radical (unpaired) electrons. The van der Waals surface area contributed by atoms with Crippen LogP contribution >= 0.6 is 11.6 Å². The number of nitrogens with zero attached hydrogens (tertiary/aromatic N) is 1. The van der Waals surface area contributed by atoms with Crippen LogP contribution in [-0.4, -0.2) is 47.3 Å². The molecule has 116 valence electrons. The van der Waals surface area contributed by atoms with Crippen molar-refractivity contribution in [1.29, 1.82) is 0 Å². The number of aliphatic hydroxyl groups excluding tert-OH is 1. The fraction of sp³-hybridized carbons (Fsp3) is 0.429. The lowest BCUT2D eigenvalue weighted by Gasteiger charge is -2.27. The Morgan fingerprint density at radius 2 is 1.95 bits per heavy atom. The van der Waals surface area contributed by atoms with Crippen molar-refractivity contribution in [1.82, 2.24) is 10.2 Å². The van der Waals surface area contributed by atoms with Crippen molar-refractivity contribution in [2.45, 2.75) is 18.9 Å². The summed E-state index contributed by atoms with van der Waals surface area (Å²) in [4.78, 5) is 23.7. The van der Waals surface area contributed by atoms with Gasteiger partial charge in [-0.3, -0.25) is 4.79 Å². The molecule has 21 heavy (non-hydrogen) atoms. The number of aliphatic hydroxyl groups is 1. The fourth-order valence-corrected chi connectivity index (χ4v) is 1.96. The van der Waals surface area contributed by atoms with Gasteiger partial charge >= 0.3 is 12.0 Å². The van der Waals surface area contributed by atoms with Crippen LogP contribution in [0.4, 0.5) is 4.79 Å². The summed E-state index contributed by atoms with van der Waals surface area (Å²) < 4.78 is 0. The van der Waals surface area contributed by atoms with E-state index in [1.807, 2.05) is 0 Å². The van der Waals surface area contributed by atoms with E-state index in [2.05, 4.69) is 5.32 Å². The van der Waals surface area contributed by atoms with E-state index in [9.17, 15) is 14.7 Å². The fourth-order valence-electron chi connectivity index (χ4n) is 1.84. The third-order valence-corrected chi connectivity index (χ3v) is 3.31. The summed E-state index contributed by atoms with van der Waals surface area (Å²) in [5.41, 5.74) is 0.769. The molecule has 6 nitrogen and oxygen atoms in total. The van der Waals surface area contributed by atoms with Crippen molar-refractivity contribution < 1.29 is 19.8 Å². The van der Waals surface area contributed by atoms with Crippen LogP contribution in [0.5, 0.6) is 0 Å². The Morgan fingerprint density at radius 1 is 1.33 bits per heavy atom. The lowest BCUT2D eigenvalue weighted by Crippen LogP contribution is -2.41. The van der Waals surface area contributed by atoms with Crippen LogP contribution in [-0.2, 0) is 4.79 Å². The number of benzene rings is 1. The highest BCUT2D eigenvalue weighted by atomic mass is 35.5. The normalized spacial score (nSPS) is 11.8. The molecule has 7 heteroatoms. The smallest absolute Gasteiger partial charge is 0.317 e. The van der Waals surface area contributed by atoms with Gasteiger partial charge in [0.25, 0.3) is 0 Å². The SMILES string of the molecule is CN(C(=O)NCCCC(=O)O)C(CO)c1ccc(Cl)cc1. The molecule has 0 spiro atoms. The van der Waals surface area contributed by atoms with Gasteiger partial charge in [-0.2, -0.15) is 0 Å². The number of aliphatic carboxylic acids is 1. The Morgan fingerprint density at radius 3 is 2.48 bits per heavy atom. The highest BCUT2D eigenvalue weighted by Crippen LogP contribution is 2.21. The minimum absolute atomic E-state index is 0.00457. The van der Waals surface area contributed by atoms with Gasteiger partial charge in [-0.05, 0) is 24.1 Å². The molecule has 1 aromatic carbocycles. The summed E-state index contributed by atoms with van der Waals surface area (Å²) in [5.74, 6) is -0.896. The molecule has 0 aliphatic carbocycles. The predicted octanol–water partition coefficient (Wildman–Crippen LogP) is 1.88. The summed E-state index contributed by atoms with van der Waals surface area (Å²) in [6.07, 6.45) is 0.365. The number of carbonyl (C=O) groups excluding carboxylic acids is 1. The van der Waals surface area contributed by atoms with E-state index >= 15 is 0 Å². The van der Waals surface area contributed by atoms with Gasteiger partial charge in [0.05, 0.1) is 12.6 Å². The number of carboxylic acids is 1. The zero-order valence-corrected chi connectivity index (χ0v) is 12.5. The minimum atomic E-state index is -0.896. The second kappa shape index (κ2) is 8.49. The van der Waals surface area contributed by atoms with E-state index in [-0.39, 0.29) is 25.6 Å². The van der Waals surface area contributed by atoms with Gasteiger partial charge < -0.3 is 20.4 Å². The minimum Gasteiger partial charge on any atom is -0.481 e. The highest BCUT2D eigenvalue weighted by molar-refractivity contribution is 6.30. The summed E-state index contributed by atoms with van der Waals surface area (Å²) >= 11 is 5.81. The Kier molecular flexibility index (Phi) is 6.98. The number of urea groups is 1. The molecule has 2 amide bonds. The summed E-state index contributed by atoms with van der Waals surface area (Å²) in [5, 5.41) is 21.2. The number of halogens is 1. The van der Waals surface area contributed by atoms with Crippen molar-refractivity contribution in [3.63, 3.8) is 0 Å². The molecule has 0 fully saturated rings. The van der Waals surface area contributed by atoms with E-state index < -0.39 is 12.0 Å². The summed E-state index contributed by atoms with van der Waals surface area (Å²) in [7, 11) is 1.57. The number of nitrogens with one attached hydrogen (secondary N) is 1. The second-order valence-electron chi connectivity index (χ2n) is 4.59. The molecule has 1 unspecified atom stereocenters. The van der Waals surface area contributed by atoms with Crippen molar-refractivity contribution in [3.05, 3.63) is 34.9 Å². The Bertz CT molecular complexity index is 478. The van der Waals surface area contributed by atoms with Crippen LogP contribution in [0, 0.1) is 0 Å². The van der Waals surface area contributed by atoms with Crippen LogP contribution in [0.1, 0.15) is 24.4 Å². The lowest BCUT2D eigenvalue weighted by atomic mass is 10.1. The number of hydrogen-bond donors (Lipinski definition) is 3. The van der Waals surface area contributed by atoms with E-state index in [0.717, 1.165) is 5.56 Å². The van der Waals surface area contributed by atoms with Crippen LogP contribution in [0.2, 0.25) is 5.02 Å². The van der Waals surface area contributed by atoms with Crippen LogP contribution in [0.15, 0.2) is 24.3 Å². The third-order valence-electron chi connectivity index (χ3n) is 3.06. The molecule has 0 bridgehead atoms. The van der Waals surface area contributed by atoms with Gasteiger partial charge in [0, 0.05) is 25.0 Å². The predicted molar refractivity (Wildman–Crippen MR) is 79.3 cm³/mol. The lowest BCUT2D eigenvalue weighted by molar-refractivity contribution is -0.137. The van der Waals surface area contributed by atoms with Gasteiger partial charge in [0.15, 0.2) is 0 Å². The van der Waals surface area contributed by atoms with Gasteiger partial charge in [0.2, 0.25) is 0 Å². The maximum absolute atomic E-state index is 12.0. The number of carbonyl (C=O) groups is 2. The molecule has 3 N–H and O–H groups in total. The first-order valence-corrected chi connectivity index (χ1v) is 6.92. The summed E-state index contributed by atoms with van der Waals surface area (Å²) in [6, 6.07) is 6.03. The third kappa shape index (κ3) is 5.61. The van der Waals surface area contributed by atoms with Crippen molar-refractivity contribution in [2.24, 2.45) is 0 Å². The van der Waals surface area contributed by atoms with E-state index in [1.54, 1.807) is 31.3 Å². The zero-order valence-electron chi connectivity index (χ0n) is 11.8. The number of carboxylic acid groups (broad SMARTS) is 1. The molecule has 1 rings (SSSR count). The average Bonchev–Trinajstić information content (AvgIpc) is 2.45. The van der Waals surface area contributed by atoms with Crippen LogP contribution in [0.25, 0.3) is 0 Å². The van der Waals surface area contributed by atoms with Gasteiger partial charge in [-0.25, -0.2) is 4.79 Å². The van der Waals surface area contributed by atoms with Crippen LogP contribution < -0.4 is 5.32 Å². The maximum atomic E-state index is 12.0. The maximum Gasteiger partial charge on any atom is 0.317 e. The standard InChI is InChI=1S/C14H19ClN2O4/c1-17(14(21)16-8-2-3-13(19)20)12(9-18)10-4-6-11(15)7-5-10/h4-7,12,18H,2-3,8-9H2,1H3,(H,16,21)(H,19,20). The van der Waals surface area contributed by atoms with Crippen molar-refractivity contribution in [3.8, 4) is 0 Å². The molecule has 0 saturated heterocycles. The zero-order chi connectivity index (χ0) is 15.8. The molecule has 0 aromatic heterocycles. The number of hydrogen-bond acceptors (Lipinski definition) is 3. The van der Waals surface area contributed by atoms with Crippen molar-refractivity contribution in [2.75, 3.05) is 20.2 Å². The first-order chi connectivity index (χ1) is 9.95. The number of likely N-dealkylation sites (N-methyl/N-ethyl adjacent to an activating group) is 1. The van der Waals surface area contributed by atoms with Crippen molar-refractivity contribution >= 4 is 23.6 Å². The molecular weight excluding hydrogens is 296 g/mol. The quantitative estimate of drug-likeness (QED) is 0.670. The molecule has 1 atom stereocenters. The Labute approximate surface area is 128 Å². The highest BCUT2D eigenvalue weighted by Gasteiger charge is 2.20. The largest absolute Gasteiger partial charge is 0.481 e. The molecule has 1 aromatic rings. The molecular formula is C14H19ClN2O4. The molecule has 0 aliphatic heterocycles.